The topological polar surface area (TPSA) is 66.9 Å². The molecule has 0 bridgehead atoms. The van der Waals surface area contributed by atoms with Gasteiger partial charge in [-0.1, -0.05) is 6.92 Å². The molecule has 1 amide bonds. The number of hydrogen-bond donors (Lipinski definition) is 2. The van der Waals surface area contributed by atoms with E-state index in [1.807, 2.05) is 0 Å². The van der Waals surface area contributed by atoms with Crippen LogP contribution in [0.2, 0.25) is 0 Å². The predicted molar refractivity (Wildman–Crippen MR) is 71.5 cm³/mol. The van der Waals surface area contributed by atoms with Gasteiger partial charge in [-0.3, -0.25) is 4.79 Å². The van der Waals surface area contributed by atoms with Crippen LogP contribution in [0.4, 0.5) is 5.82 Å². The second-order valence-electron chi connectivity index (χ2n) is 3.82. The van der Waals surface area contributed by atoms with Crippen LogP contribution in [0.3, 0.4) is 0 Å². The Hall–Kier alpha value is -1.30. The molecule has 1 heterocycles. The van der Waals surface area contributed by atoms with E-state index in [0.29, 0.717) is 24.0 Å². The fourth-order valence-corrected chi connectivity index (χ4v) is 1.97. The molecule has 1 atom stereocenters. The quantitative estimate of drug-likeness (QED) is 0.799. The van der Waals surface area contributed by atoms with E-state index >= 15 is 0 Å². The first-order valence-electron chi connectivity index (χ1n) is 5.46. The second kappa shape index (κ2) is 7.11. The number of anilines is 1. The summed E-state index contributed by atoms with van der Waals surface area (Å²) in [6, 6.07) is 3.39. The van der Waals surface area contributed by atoms with E-state index in [1.54, 1.807) is 30.9 Å². The number of hydrogen-bond acceptors (Lipinski definition) is 5. The van der Waals surface area contributed by atoms with Gasteiger partial charge in [0.1, 0.15) is 5.82 Å². The Kier molecular flexibility index (Phi) is 5.76. The zero-order valence-electron chi connectivity index (χ0n) is 10.4. The minimum absolute atomic E-state index is 0.173. The van der Waals surface area contributed by atoms with E-state index < -0.39 is 0 Å². The lowest BCUT2D eigenvalue weighted by atomic mass is 10.2. The maximum Gasteiger partial charge on any atom is 0.271 e. The largest absolute Gasteiger partial charge is 0.372 e. The van der Waals surface area contributed by atoms with Crippen LogP contribution in [0.1, 0.15) is 17.4 Å². The molecule has 0 fully saturated rings. The van der Waals surface area contributed by atoms with Crippen molar-refractivity contribution in [2.75, 3.05) is 30.9 Å². The number of rotatable bonds is 6. The minimum atomic E-state index is -0.173. The van der Waals surface area contributed by atoms with Crippen molar-refractivity contribution in [2.24, 2.45) is 5.92 Å². The molecular weight excluding hydrogens is 236 g/mol. The number of carbonyl (C=O) groups is 1. The summed E-state index contributed by atoms with van der Waals surface area (Å²) in [4.78, 5) is 11.7. The predicted octanol–water partition coefficient (Wildman–Crippen LogP) is 1.25. The zero-order valence-corrected chi connectivity index (χ0v) is 11.2. The lowest BCUT2D eigenvalue weighted by Crippen LogP contribution is -2.29. The number of carbonyl (C=O) groups excluding carboxylic acids is 1. The van der Waals surface area contributed by atoms with Gasteiger partial charge in [0.05, 0.1) is 0 Å². The lowest BCUT2D eigenvalue weighted by molar-refractivity contribution is 0.0943. The van der Waals surface area contributed by atoms with E-state index in [-0.39, 0.29) is 5.91 Å². The third-order valence-electron chi connectivity index (χ3n) is 2.22. The molecule has 1 rings (SSSR count). The van der Waals surface area contributed by atoms with Crippen LogP contribution in [-0.2, 0) is 0 Å². The van der Waals surface area contributed by atoms with E-state index in [9.17, 15) is 4.79 Å². The maximum atomic E-state index is 11.7. The van der Waals surface area contributed by atoms with Crippen LogP contribution in [-0.4, -0.2) is 41.7 Å². The molecule has 1 aromatic heterocycles. The van der Waals surface area contributed by atoms with Gasteiger partial charge in [-0.05, 0) is 30.1 Å². The first-order chi connectivity index (χ1) is 8.17. The molecular formula is C11H18N4OS. The molecule has 2 N–H and O–H groups in total. The maximum absolute atomic E-state index is 11.7. The van der Waals surface area contributed by atoms with Gasteiger partial charge >= 0.3 is 0 Å². The van der Waals surface area contributed by atoms with Gasteiger partial charge in [-0.25, -0.2) is 0 Å². The molecule has 5 nitrogen and oxygen atoms in total. The molecule has 0 saturated heterocycles. The Morgan fingerprint density at radius 2 is 2.24 bits per heavy atom. The van der Waals surface area contributed by atoms with Gasteiger partial charge in [-0.2, -0.15) is 11.8 Å². The standard InChI is InChI=1S/C11H18N4OS/c1-8(7-17-3)6-13-11(16)9-4-5-10(12-2)15-14-9/h4-5,8H,6-7H2,1-3H3,(H,12,15)(H,13,16). The Morgan fingerprint density at radius 3 is 2.76 bits per heavy atom. The van der Waals surface area contributed by atoms with Crippen molar-refractivity contribution in [3.63, 3.8) is 0 Å². The van der Waals surface area contributed by atoms with Crippen LogP contribution in [0.25, 0.3) is 0 Å². The van der Waals surface area contributed by atoms with Gasteiger partial charge in [0.25, 0.3) is 5.91 Å². The average molecular weight is 254 g/mol. The van der Waals surface area contributed by atoms with E-state index in [4.69, 9.17) is 0 Å². The average Bonchev–Trinajstić information content (AvgIpc) is 2.36. The number of thioether (sulfide) groups is 1. The summed E-state index contributed by atoms with van der Waals surface area (Å²) in [5.41, 5.74) is 0.348. The molecule has 0 aliphatic rings. The Morgan fingerprint density at radius 1 is 1.47 bits per heavy atom. The number of amides is 1. The van der Waals surface area contributed by atoms with E-state index in [2.05, 4.69) is 34.0 Å². The first-order valence-corrected chi connectivity index (χ1v) is 6.85. The molecule has 0 saturated carbocycles. The van der Waals surface area contributed by atoms with E-state index in [0.717, 1.165) is 5.75 Å². The van der Waals surface area contributed by atoms with Crippen molar-refractivity contribution in [3.8, 4) is 0 Å². The molecule has 6 heteroatoms. The molecule has 17 heavy (non-hydrogen) atoms. The molecule has 1 aromatic rings. The Labute approximate surface area is 106 Å². The summed E-state index contributed by atoms with van der Waals surface area (Å²) in [6.07, 6.45) is 2.06. The summed E-state index contributed by atoms with van der Waals surface area (Å²) in [7, 11) is 1.76. The van der Waals surface area contributed by atoms with Crippen molar-refractivity contribution in [3.05, 3.63) is 17.8 Å². The van der Waals surface area contributed by atoms with E-state index in [1.165, 1.54) is 0 Å². The molecule has 0 spiro atoms. The van der Waals surface area contributed by atoms with Gasteiger partial charge in [0, 0.05) is 13.6 Å². The Bertz CT molecular complexity index is 355. The summed E-state index contributed by atoms with van der Waals surface area (Å²) in [5.74, 6) is 1.97. The van der Waals surface area contributed by atoms with Gasteiger partial charge in [0.15, 0.2) is 5.69 Å². The molecule has 0 radical (unpaired) electrons. The van der Waals surface area contributed by atoms with Gasteiger partial charge in [-0.15, -0.1) is 10.2 Å². The zero-order chi connectivity index (χ0) is 12.7. The third-order valence-corrected chi connectivity index (χ3v) is 3.12. The highest BCUT2D eigenvalue weighted by atomic mass is 32.2. The molecule has 0 aliphatic heterocycles. The van der Waals surface area contributed by atoms with Crippen LogP contribution in [0.5, 0.6) is 0 Å². The first kappa shape index (κ1) is 13.8. The third kappa shape index (κ3) is 4.60. The Balaban J connectivity index is 2.46. The summed E-state index contributed by atoms with van der Waals surface area (Å²) in [5, 5.41) is 13.4. The van der Waals surface area contributed by atoms with Gasteiger partial charge < -0.3 is 10.6 Å². The number of nitrogens with zero attached hydrogens (tertiary/aromatic N) is 2. The van der Waals surface area contributed by atoms with Gasteiger partial charge in [0.2, 0.25) is 0 Å². The lowest BCUT2D eigenvalue weighted by Gasteiger charge is -2.10. The second-order valence-corrected chi connectivity index (χ2v) is 4.74. The van der Waals surface area contributed by atoms with Crippen molar-refractivity contribution in [1.29, 1.82) is 0 Å². The highest BCUT2D eigenvalue weighted by Crippen LogP contribution is 2.04. The van der Waals surface area contributed by atoms with Crippen LogP contribution in [0, 0.1) is 5.92 Å². The fourth-order valence-electron chi connectivity index (χ4n) is 1.29. The van der Waals surface area contributed by atoms with Crippen molar-refractivity contribution < 1.29 is 4.79 Å². The summed E-state index contributed by atoms with van der Waals surface area (Å²) < 4.78 is 0. The van der Waals surface area contributed by atoms with Crippen molar-refractivity contribution in [1.82, 2.24) is 15.5 Å². The van der Waals surface area contributed by atoms with Crippen molar-refractivity contribution >= 4 is 23.5 Å². The van der Waals surface area contributed by atoms with Crippen molar-refractivity contribution in [2.45, 2.75) is 6.92 Å². The monoisotopic (exact) mass is 254 g/mol. The molecule has 1 unspecified atom stereocenters. The molecule has 0 aliphatic carbocycles. The van der Waals surface area contributed by atoms with Crippen LogP contribution >= 0.6 is 11.8 Å². The summed E-state index contributed by atoms with van der Waals surface area (Å²) in [6.45, 7) is 2.77. The number of nitrogens with one attached hydrogen (secondary N) is 2. The normalized spacial score (nSPS) is 11.9. The highest BCUT2D eigenvalue weighted by molar-refractivity contribution is 7.98. The van der Waals surface area contributed by atoms with Crippen LogP contribution < -0.4 is 10.6 Å². The van der Waals surface area contributed by atoms with Crippen LogP contribution in [0.15, 0.2) is 12.1 Å². The SMILES string of the molecule is CNc1ccc(C(=O)NCC(C)CSC)nn1. The summed E-state index contributed by atoms with van der Waals surface area (Å²) >= 11 is 1.77. The minimum Gasteiger partial charge on any atom is -0.372 e. The molecule has 94 valence electrons. The fraction of sp³-hybridized carbons (Fsp3) is 0.545. The smallest absolute Gasteiger partial charge is 0.271 e. The molecule has 0 aromatic carbocycles. The highest BCUT2D eigenvalue weighted by Gasteiger charge is 2.09. The number of aromatic nitrogens is 2.